The van der Waals surface area contributed by atoms with Crippen LogP contribution >= 0.6 is 11.3 Å². The van der Waals surface area contributed by atoms with E-state index < -0.39 is 12.7 Å². The van der Waals surface area contributed by atoms with Crippen LogP contribution in [0.1, 0.15) is 24.4 Å². The molecular weight excluding hydrogens is 478 g/mol. The van der Waals surface area contributed by atoms with Crippen molar-refractivity contribution in [3.8, 4) is 5.75 Å². The molecule has 2 fully saturated rings. The van der Waals surface area contributed by atoms with Crippen LogP contribution in [0, 0.1) is 0 Å². The topological polar surface area (TPSA) is 108 Å². The van der Waals surface area contributed by atoms with Crippen molar-refractivity contribution < 1.29 is 18.3 Å². The van der Waals surface area contributed by atoms with Crippen molar-refractivity contribution in [2.45, 2.75) is 31.5 Å². The molecule has 10 nitrogen and oxygen atoms in total. The van der Waals surface area contributed by atoms with Gasteiger partial charge in [-0.2, -0.15) is 13.9 Å². The quantitative estimate of drug-likeness (QED) is 0.456. The summed E-state index contributed by atoms with van der Waals surface area (Å²) >= 11 is 1.25. The molecule has 2 saturated heterocycles. The highest BCUT2D eigenvalue weighted by Crippen LogP contribution is 2.31. The first-order chi connectivity index (χ1) is 17.0. The number of hydrogen-bond donors (Lipinski definition) is 2. The number of alkyl halides is 2. The van der Waals surface area contributed by atoms with E-state index in [1.165, 1.54) is 23.5 Å². The molecule has 2 aliphatic rings. The van der Waals surface area contributed by atoms with Gasteiger partial charge in [0.05, 0.1) is 0 Å². The smallest absolute Gasteiger partial charge is 0.387 e. The van der Waals surface area contributed by atoms with Gasteiger partial charge in [-0.3, -0.25) is 15.0 Å². The SMILES string of the molecule is O=C(Nc1nnc(N[C@@H]2CCN(c3cccnn3)C2)s1)C(c1cccc(OC(F)F)c1)N1CCC1. The number of carbonyl (C=O) groups is 1. The van der Waals surface area contributed by atoms with Crippen molar-refractivity contribution in [3.05, 3.63) is 48.2 Å². The second kappa shape index (κ2) is 10.4. The Hall–Kier alpha value is -3.45. The third-order valence-corrected chi connectivity index (χ3v) is 6.73. The molecule has 35 heavy (non-hydrogen) atoms. The lowest BCUT2D eigenvalue weighted by molar-refractivity contribution is -0.123. The normalized spacial score (nSPS) is 18.8. The van der Waals surface area contributed by atoms with Gasteiger partial charge >= 0.3 is 6.61 Å². The van der Waals surface area contributed by atoms with Crippen LogP contribution in [0.4, 0.5) is 24.9 Å². The van der Waals surface area contributed by atoms with Crippen LogP contribution in [-0.4, -0.2) is 70.0 Å². The number of anilines is 3. The van der Waals surface area contributed by atoms with Crippen LogP contribution in [0.15, 0.2) is 42.6 Å². The largest absolute Gasteiger partial charge is 0.435 e. The van der Waals surface area contributed by atoms with E-state index in [0.717, 1.165) is 44.8 Å². The fourth-order valence-electron chi connectivity index (χ4n) is 4.22. The molecule has 3 aromatic rings. The van der Waals surface area contributed by atoms with E-state index in [-0.39, 0.29) is 17.7 Å². The summed E-state index contributed by atoms with van der Waals surface area (Å²) in [5.41, 5.74) is 0.582. The zero-order valence-electron chi connectivity index (χ0n) is 18.7. The number of carbonyl (C=O) groups excluding carboxylic acids is 1. The number of rotatable bonds is 9. The van der Waals surface area contributed by atoms with E-state index >= 15 is 0 Å². The van der Waals surface area contributed by atoms with E-state index in [0.29, 0.717) is 15.8 Å². The first-order valence-corrected chi connectivity index (χ1v) is 12.1. The van der Waals surface area contributed by atoms with E-state index in [1.807, 2.05) is 17.0 Å². The number of nitrogens with zero attached hydrogens (tertiary/aromatic N) is 6. The maximum Gasteiger partial charge on any atom is 0.387 e. The molecule has 0 radical (unpaired) electrons. The monoisotopic (exact) mass is 502 g/mol. The highest BCUT2D eigenvalue weighted by atomic mass is 32.1. The van der Waals surface area contributed by atoms with E-state index in [2.05, 4.69) is 40.7 Å². The van der Waals surface area contributed by atoms with Gasteiger partial charge in [-0.15, -0.1) is 15.3 Å². The molecule has 2 aliphatic heterocycles. The molecule has 2 atom stereocenters. The minimum atomic E-state index is -2.93. The van der Waals surface area contributed by atoms with Crippen molar-refractivity contribution in [1.29, 1.82) is 0 Å². The van der Waals surface area contributed by atoms with Crippen LogP contribution in [0.3, 0.4) is 0 Å². The zero-order valence-corrected chi connectivity index (χ0v) is 19.5. The summed E-state index contributed by atoms with van der Waals surface area (Å²) < 4.78 is 29.8. The Kier molecular flexibility index (Phi) is 6.95. The number of likely N-dealkylation sites (tertiary alicyclic amines) is 1. The molecule has 4 heterocycles. The first kappa shape index (κ1) is 23.3. The minimum absolute atomic E-state index is 0.0188. The Morgan fingerprint density at radius 1 is 1.11 bits per heavy atom. The van der Waals surface area contributed by atoms with Gasteiger partial charge in [-0.1, -0.05) is 23.5 Å². The van der Waals surface area contributed by atoms with Gasteiger partial charge in [-0.25, -0.2) is 0 Å². The lowest BCUT2D eigenvalue weighted by atomic mass is 10.0. The Bertz CT molecular complexity index is 1150. The second-order valence-corrected chi connectivity index (χ2v) is 9.28. The molecule has 1 aromatic carbocycles. The van der Waals surface area contributed by atoms with Crippen LogP contribution in [0.5, 0.6) is 5.75 Å². The fourth-order valence-corrected chi connectivity index (χ4v) is 4.94. The summed E-state index contributed by atoms with van der Waals surface area (Å²) in [5.74, 6) is 0.559. The third-order valence-electron chi connectivity index (χ3n) is 5.96. The fraction of sp³-hybridized carbons (Fsp3) is 0.409. The van der Waals surface area contributed by atoms with Crippen LogP contribution in [-0.2, 0) is 4.79 Å². The highest BCUT2D eigenvalue weighted by molar-refractivity contribution is 7.19. The Labute approximate surface area is 204 Å². The van der Waals surface area contributed by atoms with Gasteiger partial charge in [0.2, 0.25) is 16.2 Å². The molecular formula is C22H24F2N8O2S. The zero-order chi connectivity index (χ0) is 24.2. The van der Waals surface area contributed by atoms with Crippen LogP contribution in [0.25, 0.3) is 0 Å². The maximum absolute atomic E-state index is 13.2. The van der Waals surface area contributed by atoms with Crippen LogP contribution < -0.4 is 20.3 Å². The lowest BCUT2D eigenvalue weighted by Crippen LogP contribution is -2.45. The molecule has 0 aliphatic carbocycles. The van der Waals surface area contributed by atoms with Gasteiger partial charge in [0.15, 0.2) is 5.82 Å². The molecule has 5 rings (SSSR count). The summed E-state index contributed by atoms with van der Waals surface area (Å²) in [6.07, 6.45) is 3.52. The summed E-state index contributed by atoms with van der Waals surface area (Å²) in [4.78, 5) is 17.3. The summed E-state index contributed by atoms with van der Waals surface area (Å²) in [5, 5.41) is 23.5. The highest BCUT2D eigenvalue weighted by Gasteiger charge is 2.32. The van der Waals surface area contributed by atoms with E-state index in [1.54, 1.807) is 18.3 Å². The number of amides is 1. The van der Waals surface area contributed by atoms with Gasteiger partial charge in [0, 0.05) is 38.4 Å². The maximum atomic E-state index is 13.2. The van der Waals surface area contributed by atoms with Crippen molar-refractivity contribution >= 4 is 33.3 Å². The Morgan fingerprint density at radius 2 is 1.97 bits per heavy atom. The standard InChI is InChI=1S/C22H24F2N8O2S/c23-20(24)34-16-5-1-4-14(12-16)18(31-9-3-10-31)19(33)27-22-30-29-21(35-22)26-15-7-11-32(13-15)17-6-2-8-25-28-17/h1-2,4-6,8,12,15,18,20H,3,7,9-11,13H2,(H,26,29)(H,27,30,33)/t15-,18?/m1/s1. The lowest BCUT2D eigenvalue weighted by Gasteiger charge is -2.37. The molecule has 0 bridgehead atoms. The molecule has 1 unspecified atom stereocenters. The van der Waals surface area contributed by atoms with E-state index in [9.17, 15) is 13.6 Å². The first-order valence-electron chi connectivity index (χ1n) is 11.3. The number of aromatic nitrogens is 4. The predicted octanol–water partition coefficient (Wildman–Crippen LogP) is 3.01. The summed E-state index contributed by atoms with van der Waals surface area (Å²) in [7, 11) is 0. The average Bonchev–Trinajstić information content (AvgIpc) is 3.46. The third kappa shape index (κ3) is 5.62. The number of hydrogen-bond acceptors (Lipinski definition) is 10. The number of nitrogens with one attached hydrogen (secondary N) is 2. The average molecular weight is 503 g/mol. The Balaban J connectivity index is 1.22. The van der Waals surface area contributed by atoms with Crippen molar-refractivity contribution in [3.63, 3.8) is 0 Å². The van der Waals surface area contributed by atoms with Crippen molar-refractivity contribution in [1.82, 2.24) is 25.3 Å². The molecule has 2 aromatic heterocycles. The molecule has 13 heteroatoms. The molecule has 0 spiro atoms. The summed E-state index contributed by atoms with van der Waals surface area (Å²) in [6, 6.07) is 9.57. The van der Waals surface area contributed by atoms with Gasteiger partial charge in [-0.05, 0) is 42.7 Å². The molecule has 1 amide bonds. The van der Waals surface area contributed by atoms with E-state index in [4.69, 9.17) is 0 Å². The van der Waals surface area contributed by atoms with Crippen molar-refractivity contribution in [2.24, 2.45) is 0 Å². The molecule has 184 valence electrons. The minimum Gasteiger partial charge on any atom is -0.435 e. The molecule has 0 saturated carbocycles. The predicted molar refractivity (Wildman–Crippen MR) is 127 cm³/mol. The van der Waals surface area contributed by atoms with Gasteiger partial charge in [0.1, 0.15) is 11.8 Å². The number of benzene rings is 1. The molecule has 2 N–H and O–H groups in total. The van der Waals surface area contributed by atoms with Gasteiger partial charge < -0.3 is 15.0 Å². The Morgan fingerprint density at radius 3 is 2.71 bits per heavy atom. The van der Waals surface area contributed by atoms with Gasteiger partial charge in [0.25, 0.3) is 0 Å². The van der Waals surface area contributed by atoms with Crippen LogP contribution in [0.2, 0.25) is 0 Å². The van der Waals surface area contributed by atoms with Crippen molar-refractivity contribution in [2.75, 3.05) is 41.7 Å². The second-order valence-electron chi connectivity index (χ2n) is 8.30. The number of ether oxygens (including phenoxy) is 1. The summed E-state index contributed by atoms with van der Waals surface area (Å²) in [6.45, 7) is 0.162. The number of halogens is 2.